The molecule has 0 unspecified atom stereocenters. The highest BCUT2D eigenvalue weighted by atomic mass is 16.5. The Balaban J connectivity index is 1.93. The number of guanidine groups is 1. The van der Waals surface area contributed by atoms with Gasteiger partial charge < -0.3 is 20.1 Å². The van der Waals surface area contributed by atoms with Crippen LogP contribution in [0.2, 0.25) is 0 Å². The number of likely N-dealkylation sites (N-methyl/N-ethyl adjacent to an activating group) is 1. The molecule has 0 saturated carbocycles. The second-order valence-corrected chi connectivity index (χ2v) is 6.18. The Labute approximate surface area is 156 Å². The van der Waals surface area contributed by atoms with Gasteiger partial charge in [-0.3, -0.25) is 0 Å². The van der Waals surface area contributed by atoms with E-state index in [2.05, 4.69) is 17.1 Å². The van der Waals surface area contributed by atoms with Crippen LogP contribution in [0.15, 0.2) is 53.5 Å². The molecule has 26 heavy (non-hydrogen) atoms. The lowest BCUT2D eigenvalue weighted by atomic mass is 10.1. The molecule has 0 aromatic heterocycles. The van der Waals surface area contributed by atoms with Crippen molar-refractivity contribution in [2.75, 3.05) is 26.7 Å². The monoisotopic (exact) mass is 355 g/mol. The van der Waals surface area contributed by atoms with Gasteiger partial charge in [-0.25, -0.2) is 4.99 Å². The van der Waals surface area contributed by atoms with Gasteiger partial charge in [0, 0.05) is 13.6 Å². The highest BCUT2D eigenvalue weighted by Crippen LogP contribution is 2.12. The van der Waals surface area contributed by atoms with Gasteiger partial charge in [0.2, 0.25) is 0 Å². The minimum Gasteiger partial charge on any atom is -0.492 e. The van der Waals surface area contributed by atoms with Crippen LogP contribution in [-0.2, 0) is 13.2 Å². The van der Waals surface area contributed by atoms with Gasteiger partial charge in [-0.15, -0.1) is 0 Å². The second-order valence-electron chi connectivity index (χ2n) is 6.18. The van der Waals surface area contributed by atoms with Crippen LogP contribution in [-0.4, -0.2) is 42.7 Å². The summed E-state index contributed by atoms with van der Waals surface area (Å²) in [6.45, 7) is 6.77. The summed E-state index contributed by atoms with van der Waals surface area (Å²) >= 11 is 0. The fraction of sp³-hybridized carbons (Fsp3) is 0.381. The van der Waals surface area contributed by atoms with Crippen LogP contribution < -0.4 is 10.1 Å². The van der Waals surface area contributed by atoms with E-state index in [4.69, 9.17) is 9.73 Å². The van der Waals surface area contributed by atoms with E-state index in [0.29, 0.717) is 13.2 Å². The molecule has 5 nitrogen and oxygen atoms in total. The summed E-state index contributed by atoms with van der Waals surface area (Å²) in [5.74, 6) is 1.70. The molecule has 5 heteroatoms. The first-order valence-electron chi connectivity index (χ1n) is 9.00. The Bertz CT molecular complexity index is 699. The zero-order chi connectivity index (χ0) is 18.8. The largest absolute Gasteiger partial charge is 0.492 e. The number of ether oxygens (including phenoxy) is 1. The van der Waals surface area contributed by atoms with E-state index >= 15 is 0 Å². The third-order valence-corrected chi connectivity index (χ3v) is 4.10. The van der Waals surface area contributed by atoms with Crippen molar-refractivity contribution in [2.45, 2.75) is 27.0 Å². The normalized spacial score (nSPS) is 11.3. The van der Waals surface area contributed by atoms with Crippen molar-refractivity contribution < 1.29 is 9.84 Å². The van der Waals surface area contributed by atoms with Gasteiger partial charge in [0.1, 0.15) is 12.4 Å². The third-order valence-electron chi connectivity index (χ3n) is 4.10. The van der Waals surface area contributed by atoms with Gasteiger partial charge in [0.05, 0.1) is 19.7 Å². The quantitative estimate of drug-likeness (QED) is 0.565. The lowest BCUT2D eigenvalue weighted by Gasteiger charge is -2.22. The van der Waals surface area contributed by atoms with Crippen molar-refractivity contribution in [3.63, 3.8) is 0 Å². The standard InChI is InChI=1S/C21H29N3O2/c1-4-22-21(23-15-18-7-5-6-8-19(18)16-25)24(3)13-14-26-20-11-9-17(2)10-12-20/h5-12,25H,4,13-16H2,1-3H3,(H,22,23). The molecule has 2 rings (SSSR count). The van der Waals surface area contributed by atoms with E-state index in [9.17, 15) is 5.11 Å². The van der Waals surface area contributed by atoms with Crippen LogP contribution >= 0.6 is 0 Å². The van der Waals surface area contributed by atoms with Crippen LogP contribution in [0.25, 0.3) is 0 Å². The Morgan fingerprint density at radius 1 is 1.12 bits per heavy atom. The predicted molar refractivity (Wildman–Crippen MR) is 106 cm³/mol. The molecule has 0 atom stereocenters. The average molecular weight is 355 g/mol. The van der Waals surface area contributed by atoms with E-state index in [1.807, 2.05) is 62.5 Å². The summed E-state index contributed by atoms with van der Waals surface area (Å²) in [5.41, 5.74) is 3.17. The van der Waals surface area contributed by atoms with E-state index in [1.54, 1.807) is 0 Å². The summed E-state index contributed by atoms with van der Waals surface area (Å²) in [7, 11) is 2.00. The van der Waals surface area contributed by atoms with Crippen LogP contribution in [0, 0.1) is 6.92 Å². The van der Waals surface area contributed by atoms with Gasteiger partial charge in [-0.05, 0) is 37.1 Å². The lowest BCUT2D eigenvalue weighted by molar-refractivity contribution is 0.280. The van der Waals surface area contributed by atoms with E-state index in [-0.39, 0.29) is 6.61 Å². The minimum atomic E-state index is 0.0302. The van der Waals surface area contributed by atoms with Gasteiger partial charge in [-0.1, -0.05) is 42.0 Å². The molecule has 0 spiro atoms. The van der Waals surface area contributed by atoms with E-state index in [1.165, 1.54) is 5.56 Å². The van der Waals surface area contributed by atoms with E-state index in [0.717, 1.165) is 35.9 Å². The first kappa shape index (κ1) is 19.8. The van der Waals surface area contributed by atoms with Crippen molar-refractivity contribution in [2.24, 2.45) is 4.99 Å². The molecule has 0 aliphatic heterocycles. The maximum Gasteiger partial charge on any atom is 0.194 e. The van der Waals surface area contributed by atoms with Gasteiger partial charge in [-0.2, -0.15) is 0 Å². The maximum absolute atomic E-state index is 9.45. The third kappa shape index (κ3) is 6.08. The van der Waals surface area contributed by atoms with Gasteiger partial charge in [0.15, 0.2) is 5.96 Å². The number of nitrogens with one attached hydrogen (secondary N) is 1. The number of rotatable bonds is 8. The van der Waals surface area contributed by atoms with Crippen molar-refractivity contribution in [3.8, 4) is 5.75 Å². The van der Waals surface area contributed by atoms with Crippen molar-refractivity contribution in [1.29, 1.82) is 0 Å². The summed E-state index contributed by atoms with van der Waals surface area (Å²) in [4.78, 5) is 6.75. The Kier molecular flexibility index (Phi) is 7.96. The van der Waals surface area contributed by atoms with Crippen LogP contribution in [0.3, 0.4) is 0 Å². The molecule has 2 aromatic rings. The highest BCUT2D eigenvalue weighted by molar-refractivity contribution is 5.79. The maximum atomic E-state index is 9.45. The molecule has 0 aliphatic carbocycles. The number of hydrogen-bond acceptors (Lipinski definition) is 3. The number of aliphatic hydroxyl groups excluding tert-OH is 1. The van der Waals surface area contributed by atoms with Crippen molar-refractivity contribution >= 4 is 5.96 Å². The summed E-state index contributed by atoms with van der Waals surface area (Å²) in [6, 6.07) is 15.9. The summed E-state index contributed by atoms with van der Waals surface area (Å²) in [5, 5.41) is 12.8. The van der Waals surface area contributed by atoms with Crippen molar-refractivity contribution in [3.05, 3.63) is 65.2 Å². The molecule has 0 amide bonds. The smallest absolute Gasteiger partial charge is 0.194 e. The summed E-state index contributed by atoms with van der Waals surface area (Å²) in [6.07, 6.45) is 0. The molecule has 2 N–H and O–H groups in total. The fourth-order valence-electron chi connectivity index (χ4n) is 2.54. The molecule has 2 aromatic carbocycles. The fourth-order valence-corrected chi connectivity index (χ4v) is 2.54. The van der Waals surface area contributed by atoms with Gasteiger partial charge >= 0.3 is 0 Å². The topological polar surface area (TPSA) is 57.1 Å². The number of nitrogens with zero attached hydrogens (tertiary/aromatic N) is 2. The molecule has 0 bridgehead atoms. The second kappa shape index (κ2) is 10.5. The summed E-state index contributed by atoms with van der Waals surface area (Å²) < 4.78 is 5.80. The average Bonchev–Trinajstić information content (AvgIpc) is 2.66. The predicted octanol–water partition coefficient (Wildman–Crippen LogP) is 2.96. The zero-order valence-electron chi connectivity index (χ0n) is 15.9. The van der Waals surface area contributed by atoms with Crippen LogP contribution in [0.1, 0.15) is 23.6 Å². The first-order valence-corrected chi connectivity index (χ1v) is 9.00. The molecule has 0 aliphatic rings. The molecule has 140 valence electrons. The molecule has 0 heterocycles. The molecule has 0 fully saturated rings. The highest BCUT2D eigenvalue weighted by Gasteiger charge is 2.07. The molecular weight excluding hydrogens is 326 g/mol. The van der Waals surface area contributed by atoms with E-state index < -0.39 is 0 Å². The van der Waals surface area contributed by atoms with Crippen LogP contribution in [0.5, 0.6) is 5.75 Å². The van der Waals surface area contributed by atoms with Crippen molar-refractivity contribution in [1.82, 2.24) is 10.2 Å². The number of benzene rings is 2. The Morgan fingerprint density at radius 2 is 1.81 bits per heavy atom. The zero-order valence-corrected chi connectivity index (χ0v) is 15.9. The first-order chi connectivity index (χ1) is 12.6. The Hall–Kier alpha value is -2.53. The number of aryl methyl sites for hydroxylation is 1. The number of hydrogen-bond donors (Lipinski definition) is 2. The SMILES string of the molecule is CCNC(=NCc1ccccc1CO)N(C)CCOc1ccc(C)cc1. The van der Waals surface area contributed by atoms with Crippen LogP contribution in [0.4, 0.5) is 0 Å². The van der Waals surface area contributed by atoms with Gasteiger partial charge in [0.25, 0.3) is 0 Å². The molecule has 0 radical (unpaired) electrons. The number of aliphatic imine (C=N–C) groups is 1. The molecule has 0 saturated heterocycles. The number of aliphatic hydroxyl groups is 1. The molecular formula is C21H29N3O2. The lowest BCUT2D eigenvalue weighted by Crippen LogP contribution is -2.40. The minimum absolute atomic E-state index is 0.0302. The Morgan fingerprint density at radius 3 is 2.46 bits per heavy atom.